The summed E-state index contributed by atoms with van der Waals surface area (Å²) in [5.74, 6) is -0.420. The van der Waals surface area contributed by atoms with Gasteiger partial charge in [-0.25, -0.2) is 9.97 Å². The minimum Gasteiger partial charge on any atom is -0.350 e. The first-order chi connectivity index (χ1) is 12.9. The van der Waals surface area contributed by atoms with Crippen LogP contribution in [0.5, 0.6) is 0 Å². The zero-order valence-electron chi connectivity index (χ0n) is 13.9. The van der Waals surface area contributed by atoms with E-state index in [1.807, 2.05) is 6.07 Å². The summed E-state index contributed by atoms with van der Waals surface area (Å²) >= 11 is 0. The van der Waals surface area contributed by atoms with Crippen molar-refractivity contribution in [2.45, 2.75) is 12.7 Å². The minimum absolute atomic E-state index is 0.0242. The van der Waals surface area contributed by atoms with Crippen LogP contribution in [-0.2, 0) is 12.7 Å². The fourth-order valence-electron chi connectivity index (χ4n) is 2.22. The van der Waals surface area contributed by atoms with E-state index in [0.717, 1.165) is 17.7 Å². The van der Waals surface area contributed by atoms with Crippen LogP contribution in [0.15, 0.2) is 61.1 Å². The summed E-state index contributed by atoms with van der Waals surface area (Å²) in [4.78, 5) is 24.4. The van der Waals surface area contributed by atoms with E-state index >= 15 is 0 Å². The molecule has 0 aliphatic heterocycles. The molecule has 0 saturated heterocycles. The molecule has 0 spiro atoms. The van der Waals surface area contributed by atoms with E-state index in [1.165, 1.54) is 24.4 Å². The molecule has 9 heteroatoms. The number of anilines is 2. The summed E-state index contributed by atoms with van der Waals surface area (Å²) in [5.41, 5.74) is 0.108. The maximum atomic E-state index is 12.8. The van der Waals surface area contributed by atoms with E-state index in [0.29, 0.717) is 6.54 Å². The third kappa shape index (κ3) is 5.00. The Morgan fingerprint density at radius 2 is 1.93 bits per heavy atom. The Labute approximate surface area is 152 Å². The van der Waals surface area contributed by atoms with Crippen molar-refractivity contribution in [2.75, 3.05) is 10.6 Å². The minimum atomic E-state index is -4.49. The van der Waals surface area contributed by atoms with Gasteiger partial charge in [0.15, 0.2) is 0 Å². The fourth-order valence-corrected chi connectivity index (χ4v) is 2.22. The van der Waals surface area contributed by atoms with Crippen LogP contribution < -0.4 is 10.6 Å². The number of carbonyl (C=O) groups excluding carboxylic acids is 1. The molecule has 6 nitrogen and oxygen atoms in total. The first kappa shape index (κ1) is 18.3. The number of halogens is 3. The number of aromatic nitrogens is 3. The molecule has 2 heterocycles. The number of benzene rings is 1. The SMILES string of the molecule is O=C(Nc1cccc(C(F)(F)F)c1)c1ccnc(NCc2cccnc2)n1. The van der Waals surface area contributed by atoms with Crippen LogP contribution in [-0.4, -0.2) is 20.9 Å². The van der Waals surface area contributed by atoms with Gasteiger partial charge in [-0.3, -0.25) is 9.78 Å². The summed E-state index contributed by atoms with van der Waals surface area (Å²) in [6.07, 6.45) is 0.231. The second kappa shape index (κ2) is 7.81. The van der Waals surface area contributed by atoms with Gasteiger partial charge in [0.25, 0.3) is 5.91 Å². The van der Waals surface area contributed by atoms with E-state index in [9.17, 15) is 18.0 Å². The van der Waals surface area contributed by atoms with Crippen molar-refractivity contribution in [1.29, 1.82) is 0 Å². The molecule has 3 aromatic rings. The van der Waals surface area contributed by atoms with Crippen LogP contribution in [0, 0.1) is 0 Å². The maximum absolute atomic E-state index is 12.8. The number of hydrogen-bond donors (Lipinski definition) is 2. The predicted molar refractivity (Wildman–Crippen MR) is 93.0 cm³/mol. The Kier molecular flexibility index (Phi) is 5.30. The van der Waals surface area contributed by atoms with Gasteiger partial charge >= 0.3 is 6.18 Å². The topological polar surface area (TPSA) is 79.8 Å². The van der Waals surface area contributed by atoms with Gasteiger partial charge < -0.3 is 10.6 Å². The van der Waals surface area contributed by atoms with E-state index in [-0.39, 0.29) is 17.3 Å². The molecule has 3 rings (SSSR count). The van der Waals surface area contributed by atoms with Crippen molar-refractivity contribution in [3.05, 3.63) is 77.9 Å². The van der Waals surface area contributed by atoms with Crippen molar-refractivity contribution >= 4 is 17.5 Å². The predicted octanol–water partition coefficient (Wildman–Crippen LogP) is 3.75. The number of alkyl halides is 3. The largest absolute Gasteiger partial charge is 0.416 e. The van der Waals surface area contributed by atoms with E-state index in [1.54, 1.807) is 18.5 Å². The number of pyridine rings is 1. The van der Waals surface area contributed by atoms with Crippen LogP contribution in [0.25, 0.3) is 0 Å². The number of hydrogen-bond acceptors (Lipinski definition) is 5. The summed E-state index contributed by atoms with van der Waals surface area (Å²) in [6, 6.07) is 9.41. The highest BCUT2D eigenvalue weighted by molar-refractivity contribution is 6.03. The Hall–Kier alpha value is -3.49. The third-order valence-corrected chi connectivity index (χ3v) is 3.51. The highest BCUT2D eigenvalue weighted by atomic mass is 19.4. The molecule has 0 aliphatic rings. The lowest BCUT2D eigenvalue weighted by atomic mass is 10.2. The number of rotatable bonds is 5. The molecule has 138 valence electrons. The normalized spacial score (nSPS) is 11.1. The number of nitrogens with one attached hydrogen (secondary N) is 2. The number of carbonyl (C=O) groups is 1. The van der Waals surface area contributed by atoms with Crippen molar-refractivity contribution < 1.29 is 18.0 Å². The first-order valence-corrected chi connectivity index (χ1v) is 7.86. The van der Waals surface area contributed by atoms with Gasteiger partial charge in [-0.2, -0.15) is 13.2 Å². The summed E-state index contributed by atoms with van der Waals surface area (Å²) in [7, 11) is 0. The quantitative estimate of drug-likeness (QED) is 0.712. The molecule has 0 unspecified atom stereocenters. The lowest BCUT2D eigenvalue weighted by Gasteiger charge is -2.10. The van der Waals surface area contributed by atoms with Gasteiger partial charge in [0.2, 0.25) is 5.95 Å². The number of nitrogens with zero attached hydrogens (tertiary/aromatic N) is 3. The summed E-state index contributed by atoms with van der Waals surface area (Å²) in [6.45, 7) is 0.409. The highest BCUT2D eigenvalue weighted by Gasteiger charge is 2.30. The molecule has 0 atom stereocenters. The lowest BCUT2D eigenvalue weighted by Crippen LogP contribution is -2.16. The van der Waals surface area contributed by atoms with E-state index in [4.69, 9.17) is 0 Å². The van der Waals surface area contributed by atoms with E-state index in [2.05, 4.69) is 25.6 Å². The highest BCUT2D eigenvalue weighted by Crippen LogP contribution is 2.30. The molecule has 0 fully saturated rings. The van der Waals surface area contributed by atoms with Gasteiger partial charge in [0.1, 0.15) is 5.69 Å². The zero-order chi connectivity index (χ0) is 19.3. The molecule has 2 aromatic heterocycles. The lowest BCUT2D eigenvalue weighted by molar-refractivity contribution is -0.137. The molecular formula is C18H14F3N5O. The molecule has 0 bridgehead atoms. The monoisotopic (exact) mass is 373 g/mol. The van der Waals surface area contributed by atoms with Crippen molar-refractivity contribution in [2.24, 2.45) is 0 Å². The Morgan fingerprint density at radius 1 is 1.07 bits per heavy atom. The van der Waals surface area contributed by atoms with Gasteiger partial charge in [-0.15, -0.1) is 0 Å². The number of amides is 1. The molecule has 27 heavy (non-hydrogen) atoms. The Bertz CT molecular complexity index is 932. The van der Waals surface area contributed by atoms with Crippen LogP contribution >= 0.6 is 0 Å². The molecule has 1 aromatic carbocycles. The summed E-state index contributed by atoms with van der Waals surface area (Å²) < 4.78 is 38.3. The van der Waals surface area contributed by atoms with Crippen LogP contribution in [0.1, 0.15) is 21.6 Å². The second-order valence-corrected chi connectivity index (χ2v) is 5.51. The summed E-state index contributed by atoms with van der Waals surface area (Å²) in [5, 5.41) is 5.36. The zero-order valence-corrected chi connectivity index (χ0v) is 13.9. The smallest absolute Gasteiger partial charge is 0.350 e. The van der Waals surface area contributed by atoms with Gasteiger partial charge in [0.05, 0.1) is 5.56 Å². The average molecular weight is 373 g/mol. The van der Waals surface area contributed by atoms with Crippen molar-refractivity contribution in [1.82, 2.24) is 15.0 Å². The fraction of sp³-hybridized carbons (Fsp3) is 0.111. The van der Waals surface area contributed by atoms with Crippen molar-refractivity contribution in [3.8, 4) is 0 Å². The van der Waals surface area contributed by atoms with Gasteiger partial charge in [-0.1, -0.05) is 12.1 Å². The molecular weight excluding hydrogens is 359 g/mol. The molecule has 1 amide bonds. The standard InChI is InChI=1S/C18H14F3N5O/c19-18(20,21)13-4-1-5-14(9-13)25-16(27)15-6-8-23-17(26-15)24-11-12-3-2-7-22-10-12/h1-10H,11H2,(H,25,27)(H,23,24,26). The van der Waals surface area contributed by atoms with Gasteiger partial charge in [-0.05, 0) is 35.9 Å². The average Bonchev–Trinajstić information content (AvgIpc) is 2.67. The van der Waals surface area contributed by atoms with Crippen LogP contribution in [0.4, 0.5) is 24.8 Å². The first-order valence-electron chi connectivity index (χ1n) is 7.86. The van der Waals surface area contributed by atoms with Crippen LogP contribution in [0.3, 0.4) is 0 Å². The molecule has 0 saturated carbocycles. The van der Waals surface area contributed by atoms with E-state index < -0.39 is 17.6 Å². The molecule has 2 N–H and O–H groups in total. The Morgan fingerprint density at radius 3 is 2.67 bits per heavy atom. The van der Waals surface area contributed by atoms with Crippen molar-refractivity contribution in [3.63, 3.8) is 0 Å². The molecule has 0 radical (unpaired) electrons. The van der Waals surface area contributed by atoms with Crippen LogP contribution in [0.2, 0.25) is 0 Å². The third-order valence-electron chi connectivity index (χ3n) is 3.51. The Balaban J connectivity index is 1.68. The second-order valence-electron chi connectivity index (χ2n) is 5.51. The molecule has 0 aliphatic carbocycles. The maximum Gasteiger partial charge on any atom is 0.416 e. The van der Waals surface area contributed by atoms with Gasteiger partial charge in [0, 0.05) is 30.8 Å².